The zero-order valence-corrected chi connectivity index (χ0v) is 12.4. The van der Waals surface area contributed by atoms with Gasteiger partial charge in [0.05, 0.1) is 5.02 Å². The highest BCUT2D eigenvalue weighted by Crippen LogP contribution is 2.33. The molecule has 0 atom stereocenters. The highest BCUT2D eigenvalue weighted by atomic mass is 35.5. The van der Waals surface area contributed by atoms with E-state index in [0.717, 1.165) is 5.56 Å². The van der Waals surface area contributed by atoms with Gasteiger partial charge in [-0.2, -0.15) is 0 Å². The molecule has 0 aliphatic rings. The highest BCUT2D eigenvalue weighted by molar-refractivity contribution is 7.80. The summed E-state index contributed by atoms with van der Waals surface area (Å²) in [6, 6.07) is 10.6. The average molecular weight is 312 g/mol. The van der Waals surface area contributed by atoms with Crippen LogP contribution in [-0.4, -0.2) is 4.99 Å². The minimum absolute atomic E-state index is 0.299. The third-order valence-corrected chi connectivity index (χ3v) is 3.35. The second kappa shape index (κ2) is 5.78. The van der Waals surface area contributed by atoms with Crippen molar-refractivity contribution in [1.29, 1.82) is 0 Å². The molecule has 0 fully saturated rings. The van der Waals surface area contributed by atoms with Gasteiger partial charge < -0.3 is 10.5 Å². The summed E-state index contributed by atoms with van der Waals surface area (Å²) < 4.78 is 5.76. The maximum Gasteiger partial charge on any atom is 0.146 e. The quantitative estimate of drug-likeness (QED) is 0.832. The first-order chi connectivity index (χ1) is 8.97. The van der Waals surface area contributed by atoms with Crippen LogP contribution in [0.1, 0.15) is 11.1 Å². The van der Waals surface area contributed by atoms with Crippen molar-refractivity contribution in [2.24, 2.45) is 5.73 Å². The SMILES string of the molecule is Cc1ccc(Cl)cc1Oc1ccc(C(N)=S)cc1Cl. The van der Waals surface area contributed by atoms with Crippen molar-refractivity contribution < 1.29 is 4.74 Å². The summed E-state index contributed by atoms with van der Waals surface area (Å²) in [5.74, 6) is 1.20. The highest BCUT2D eigenvalue weighted by Gasteiger charge is 2.08. The van der Waals surface area contributed by atoms with Crippen LogP contribution in [0.3, 0.4) is 0 Å². The van der Waals surface area contributed by atoms with Gasteiger partial charge in [0.1, 0.15) is 16.5 Å². The fourth-order valence-corrected chi connectivity index (χ4v) is 2.05. The summed E-state index contributed by atoms with van der Waals surface area (Å²) in [5.41, 5.74) is 7.22. The third-order valence-electron chi connectivity index (χ3n) is 2.59. The van der Waals surface area contributed by atoms with Crippen molar-refractivity contribution in [2.45, 2.75) is 6.92 Å². The molecule has 98 valence electrons. The van der Waals surface area contributed by atoms with Crippen molar-refractivity contribution in [1.82, 2.24) is 0 Å². The first-order valence-electron chi connectivity index (χ1n) is 5.51. The summed E-state index contributed by atoms with van der Waals surface area (Å²) in [4.78, 5) is 0.299. The topological polar surface area (TPSA) is 35.2 Å². The largest absolute Gasteiger partial charge is 0.455 e. The second-order valence-corrected chi connectivity index (χ2v) is 5.30. The molecule has 0 aromatic heterocycles. The molecule has 0 saturated heterocycles. The van der Waals surface area contributed by atoms with Gasteiger partial charge in [-0.05, 0) is 42.8 Å². The molecule has 0 radical (unpaired) electrons. The molecule has 2 aromatic rings. The number of nitrogens with two attached hydrogens (primary N) is 1. The van der Waals surface area contributed by atoms with E-state index < -0.39 is 0 Å². The maximum absolute atomic E-state index is 6.14. The number of halogens is 2. The standard InChI is InChI=1S/C14H11Cl2NOS/c1-8-2-4-10(15)7-13(8)18-12-5-3-9(14(17)19)6-11(12)16/h2-7H,1H3,(H2,17,19). The molecule has 19 heavy (non-hydrogen) atoms. The smallest absolute Gasteiger partial charge is 0.146 e. The monoisotopic (exact) mass is 311 g/mol. The molecule has 2 rings (SSSR count). The fourth-order valence-electron chi connectivity index (χ4n) is 1.54. The van der Waals surface area contributed by atoms with E-state index in [1.807, 2.05) is 13.0 Å². The van der Waals surface area contributed by atoms with E-state index in [1.165, 1.54) is 0 Å². The van der Waals surface area contributed by atoms with E-state index in [9.17, 15) is 0 Å². The molecule has 2 N–H and O–H groups in total. The van der Waals surface area contributed by atoms with E-state index in [1.54, 1.807) is 30.3 Å². The van der Waals surface area contributed by atoms with Crippen molar-refractivity contribution in [3.63, 3.8) is 0 Å². The van der Waals surface area contributed by atoms with Crippen molar-refractivity contribution >= 4 is 40.4 Å². The first-order valence-corrected chi connectivity index (χ1v) is 6.67. The van der Waals surface area contributed by atoms with E-state index in [2.05, 4.69) is 0 Å². The Bertz CT molecular complexity index is 643. The van der Waals surface area contributed by atoms with Crippen LogP contribution in [-0.2, 0) is 0 Å². The summed E-state index contributed by atoms with van der Waals surface area (Å²) in [6.45, 7) is 1.93. The fraction of sp³-hybridized carbons (Fsp3) is 0.0714. The molecule has 0 saturated carbocycles. The van der Waals surface area contributed by atoms with Crippen LogP contribution in [0.2, 0.25) is 10.0 Å². The minimum atomic E-state index is 0.299. The number of aryl methyl sites for hydroxylation is 1. The van der Waals surface area contributed by atoms with Gasteiger partial charge in [-0.25, -0.2) is 0 Å². The molecule has 0 spiro atoms. The van der Waals surface area contributed by atoms with Crippen LogP contribution < -0.4 is 10.5 Å². The van der Waals surface area contributed by atoms with Gasteiger partial charge in [0.15, 0.2) is 0 Å². The zero-order valence-electron chi connectivity index (χ0n) is 10.1. The van der Waals surface area contributed by atoms with Crippen LogP contribution >= 0.6 is 35.4 Å². The van der Waals surface area contributed by atoms with Gasteiger partial charge in [0.25, 0.3) is 0 Å². The van der Waals surface area contributed by atoms with Gasteiger partial charge in [0, 0.05) is 10.6 Å². The Balaban J connectivity index is 2.33. The van der Waals surface area contributed by atoms with E-state index >= 15 is 0 Å². The molecule has 2 aromatic carbocycles. The Morgan fingerprint density at radius 3 is 2.47 bits per heavy atom. The van der Waals surface area contributed by atoms with Crippen LogP contribution in [0.4, 0.5) is 0 Å². The predicted octanol–water partition coefficient (Wildman–Crippen LogP) is 4.73. The van der Waals surface area contributed by atoms with E-state index in [0.29, 0.717) is 32.1 Å². The lowest BCUT2D eigenvalue weighted by molar-refractivity contribution is 0.479. The third kappa shape index (κ3) is 3.38. The molecule has 2 nitrogen and oxygen atoms in total. The molecule has 0 heterocycles. The summed E-state index contributed by atoms with van der Waals surface area (Å²) in [7, 11) is 0. The summed E-state index contributed by atoms with van der Waals surface area (Å²) in [6.07, 6.45) is 0. The van der Waals surface area contributed by atoms with E-state index in [-0.39, 0.29) is 0 Å². The zero-order chi connectivity index (χ0) is 14.0. The van der Waals surface area contributed by atoms with Crippen molar-refractivity contribution in [2.75, 3.05) is 0 Å². The van der Waals surface area contributed by atoms with Gasteiger partial charge in [0.2, 0.25) is 0 Å². The summed E-state index contributed by atoms with van der Waals surface area (Å²) >= 11 is 17.0. The van der Waals surface area contributed by atoms with Crippen molar-refractivity contribution in [3.8, 4) is 11.5 Å². The van der Waals surface area contributed by atoms with Gasteiger partial charge in [-0.3, -0.25) is 0 Å². The lowest BCUT2D eigenvalue weighted by Gasteiger charge is -2.11. The maximum atomic E-state index is 6.14. The summed E-state index contributed by atoms with van der Waals surface area (Å²) in [5, 5.41) is 1.06. The first kappa shape index (κ1) is 14.1. The average Bonchev–Trinajstić information content (AvgIpc) is 2.36. The Morgan fingerprint density at radius 2 is 1.84 bits per heavy atom. The Hall–Kier alpha value is -1.29. The molecular formula is C14H11Cl2NOS. The molecule has 0 aliphatic heterocycles. The number of benzene rings is 2. The lowest BCUT2D eigenvalue weighted by atomic mass is 10.2. The Kier molecular flexibility index (Phi) is 4.30. The van der Waals surface area contributed by atoms with Crippen LogP contribution in [0.15, 0.2) is 36.4 Å². The van der Waals surface area contributed by atoms with Crippen LogP contribution in [0.25, 0.3) is 0 Å². The molecule has 0 bridgehead atoms. The number of hydrogen-bond acceptors (Lipinski definition) is 2. The molecule has 0 amide bonds. The second-order valence-electron chi connectivity index (χ2n) is 4.02. The van der Waals surface area contributed by atoms with Gasteiger partial charge in [-0.15, -0.1) is 0 Å². The number of rotatable bonds is 3. The van der Waals surface area contributed by atoms with Crippen molar-refractivity contribution in [3.05, 3.63) is 57.6 Å². The number of ether oxygens (including phenoxy) is 1. The Labute approximate surface area is 127 Å². The Morgan fingerprint density at radius 1 is 1.11 bits per heavy atom. The lowest BCUT2D eigenvalue weighted by Crippen LogP contribution is -2.08. The van der Waals surface area contributed by atoms with Crippen LogP contribution in [0.5, 0.6) is 11.5 Å². The molecule has 0 aliphatic carbocycles. The number of hydrogen-bond donors (Lipinski definition) is 1. The number of thiocarbonyl (C=S) groups is 1. The molecular weight excluding hydrogens is 301 g/mol. The van der Waals surface area contributed by atoms with Gasteiger partial charge in [-0.1, -0.05) is 41.5 Å². The molecule has 0 unspecified atom stereocenters. The van der Waals surface area contributed by atoms with Crippen LogP contribution in [0, 0.1) is 6.92 Å². The normalized spacial score (nSPS) is 10.3. The predicted molar refractivity (Wildman–Crippen MR) is 83.6 cm³/mol. The molecule has 5 heteroatoms. The van der Waals surface area contributed by atoms with Gasteiger partial charge >= 0.3 is 0 Å². The van der Waals surface area contributed by atoms with E-state index in [4.69, 9.17) is 45.9 Å². The minimum Gasteiger partial charge on any atom is -0.455 e.